The van der Waals surface area contributed by atoms with Crippen LogP contribution in [0.5, 0.6) is 0 Å². The fourth-order valence-corrected chi connectivity index (χ4v) is 4.03. The summed E-state index contributed by atoms with van der Waals surface area (Å²) in [5, 5.41) is 9.05. The molecular formula is C15H22N2O5S. The molecule has 0 aliphatic carbocycles. The fraction of sp³-hybridized carbons (Fsp3) is 0.533. The van der Waals surface area contributed by atoms with Crippen LogP contribution >= 0.6 is 0 Å². The van der Waals surface area contributed by atoms with Crippen molar-refractivity contribution in [2.24, 2.45) is 0 Å². The van der Waals surface area contributed by atoms with Crippen LogP contribution in [-0.2, 0) is 26.2 Å². The van der Waals surface area contributed by atoms with Crippen molar-refractivity contribution >= 4 is 16.2 Å². The SMILES string of the molecule is O=C(O)CN(CCc1ccccc1)S(=O)(=O)N1CCCOCC1. The molecule has 0 bridgehead atoms. The number of aliphatic carboxylic acids is 1. The number of carboxylic acids is 1. The largest absolute Gasteiger partial charge is 0.480 e. The first-order chi connectivity index (χ1) is 11.0. The van der Waals surface area contributed by atoms with Crippen molar-refractivity contribution in [3.8, 4) is 0 Å². The Hall–Kier alpha value is -1.48. The molecule has 0 aromatic heterocycles. The molecule has 0 amide bonds. The maximum Gasteiger partial charge on any atom is 0.318 e. The third-order valence-corrected chi connectivity index (χ3v) is 5.62. The quantitative estimate of drug-likeness (QED) is 0.783. The smallest absolute Gasteiger partial charge is 0.318 e. The first kappa shape index (κ1) is 17.9. The van der Waals surface area contributed by atoms with E-state index >= 15 is 0 Å². The Morgan fingerprint density at radius 2 is 1.96 bits per heavy atom. The van der Waals surface area contributed by atoms with Crippen molar-refractivity contribution in [2.45, 2.75) is 12.8 Å². The van der Waals surface area contributed by atoms with Crippen LogP contribution in [0, 0.1) is 0 Å². The number of hydrogen-bond acceptors (Lipinski definition) is 4. The van der Waals surface area contributed by atoms with Gasteiger partial charge in [0.15, 0.2) is 0 Å². The van der Waals surface area contributed by atoms with E-state index in [0.29, 0.717) is 32.6 Å². The Morgan fingerprint density at radius 3 is 2.65 bits per heavy atom. The summed E-state index contributed by atoms with van der Waals surface area (Å²) < 4.78 is 33.1. The number of carbonyl (C=O) groups is 1. The minimum absolute atomic E-state index is 0.135. The molecule has 2 rings (SSSR count). The molecule has 7 nitrogen and oxygen atoms in total. The van der Waals surface area contributed by atoms with Gasteiger partial charge in [-0.1, -0.05) is 30.3 Å². The van der Waals surface area contributed by atoms with Gasteiger partial charge in [-0.05, 0) is 18.4 Å². The highest BCUT2D eigenvalue weighted by atomic mass is 32.2. The zero-order valence-corrected chi connectivity index (χ0v) is 13.7. The molecule has 1 aromatic rings. The van der Waals surface area contributed by atoms with Crippen LogP contribution in [0.15, 0.2) is 30.3 Å². The summed E-state index contributed by atoms with van der Waals surface area (Å²) in [6, 6.07) is 9.41. The van der Waals surface area contributed by atoms with E-state index in [1.54, 1.807) is 0 Å². The predicted octanol–water partition coefficient (Wildman–Crippen LogP) is 0.583. The number of benzene rings is 1. The number of hydrogen-bond donors (Lipinski definition) is 1. The van der Waals surface area contributed by atoms with E-state index in [0.717, 1.165) is 9.87 Å². The van der Waals surface area contributed by atoms with E-state index in [1.807, 2.05) is 30.3 Å². The van der Waals surface area contributed by atoms with E-state index in [4.69, 9.17) is 9.84 Å². The lowest BCUT2D eigenvalue weighted by atomic mass is 10.1. The van der Waals surface area contributed by atoms with Gasteiger partial charge in [-0.25, -0.2) is 0 Å². The normalized spacial score (nSPS) is 17.1. The fourth-order valence-electron chi connectivity index (χ4n) is 2.44. The van der Waals surface area contributed by atoms with Crippen molar-refractivity contribution in [1.29, 1.82) is 0 Å². The number of ether oxygens (including phenoxy) is 1. The molecule has 0 spiro atoms. The first-order valence-electron chi connectivity index (χ1n) is 7.59. The zero-order chi connectivity index (χ0) is 16.7. The van der Waals surface area contributed by atoms with E-state index in [2.05, 4.69) is 0 Å². The summed E-state index contributed by atoms with van der Waals surface area (Å²) in [4.78, 5) is 11.1. The van der Waals surface area contributed by atoms with Crippen LogP contribution in [0.3, 0.4) is 0 Å². The Bertz CT molecular complexity index is 598. The summed E-state index contributed by atoms with van der Waals surface area (Å²) in [6.07, 6.45) is 1.08. The third-order valence-electron chi connectivity index (χ3n) is 3.64. The molecule has 1 N–H and O–H groups in total. The maximum absolute atomic E-state index is 12.7. The van der Waals surface area contributed by atoms with Crippen LogP contribution in [-0.4, -0.2) is 67.5 Å². The minimum Gasteiger partial charge on any atom is -0.480 e. The molecule has 1 heterocycles. The lowest BCUT2D eigenvalue weighted by molar-refractivity contribution is -0.137. The lowest BCUT2D eigenvalue weighted by Crippen LogP contribution is -2.47. The molecule has 0 unspecified atom stereocenters. The van der Waals surface area contributed by atoms with Gasteiger partial charge < -0.3 is 9.84 Å². The lowest BCUT2D eigenvalue weighted by Gasteiger charge is -2.27. The van der Waals surface area contributed by atoms with E-state index < -0.39 is 22.7 Å². The van der Waals surface area contributed by atoms with Gasteiger partial charge in [0, 0.05) is 26.2 Å². The molecular weight excluding hydrogens is 320 g/mol. The molecule has 23 heavy (non-hydrogen) atoms. The second kappa shape index (κ2) is 8.39. The molecule has 1 aliphatic heterocycles. The van der Waals surface area contributed by atoms with Crippen LogP contribution in [0.1, 0.15) is 12.0 Å². The topological polar surface area (TPSA) is 87.2 Å². The third kappa shape index (κ3) is 5.28. The molecule has 128 valence electrons. The Morgan fingerprint density at radius 1 is 1.22 bits per heavy atom. The van der Waals surface area contributed by atoms with Crippen LogP contribution < -0.4 is 0 Å². The van der Waals surface area contributed by atoms with Gasteiger partial charge in [-0.2, -0.15) is 17.0 Å². The molecule has 0 radical (unpaired) electrons. The zero-order valence-electron chi connectivity index (χ0n) is 12.9. The molecule has 0 atom stereocenters. The monoisotopic (exact) mass is 342 g/mol. The standard InChI is InChI=1S/C15H22N2O5S/c18-15(19)13-17(9-7-14-5-2-1-3-6-14)23(20,21)16-8-4-11-22-12-10-16/h1-3,5-6H,4,7-13H2,(H,18,19). The summed E-state index contributed by atoms with van der Waals surface area (Å²) in [5.41, 5.74) is 0.970. The number of rotatable bonds is 7. The summed E-state index contributed by atoms with van der Waals surface area (Å²) in [5.74, 6) is -1.16. The van der Waals surface area contributed by atoms with E-state index in [-0.39, 0.29) is 13.1 Å². The molecule has 0 saturated carbocycles. The predicted molar refractivity (Wildman–Crippen MR) is 85.3 cm³/mol. The van der Waals surface area contributed by atoms with Gasteiger partial charge in [0.2, 0.25) is 0 Å². The van der Waals surface area contributed by atoms with Crippen LogP contribution in [0.4, 0.5) is 0 Å². The molecule has 1 aliphatic rings. The van der Waals surface area contributed by atoms with Gasteiger partial charge in [0.05, 0.1) is 6.61 Å². The van der Waals surface area contributed by atoms with Gasteiger partial charge in [-0.3, -0.25) is 4.79 Å². The Kier molecular flexibility index (Phi) is 6.52. The highest BCUT2D eigenvalue weighted by Gasteiger charge is 2.31. The van der Waals surface area contributed by atoms with Gasteiger partial charge in [0.1, 0.15) is 6.54 Å². The minimum atomic E-state index is -3.81. The number of carboxylic acid groups (broad SMARTS) is 1. The van der Waals surface area contributed by atoms with Crippen molar-refractivity contribution in [3.63, 3.8) is 0 Å². The first-order valence-corrected chi connectivity index (χ1v) is 8.98. The summed E-state index contributed by atoms with van der Waals surface area (Å²) in [6.45, 7) is 1.06. The average molecular weight is 342 g/mol. The summed E-state index contributed by atoms with van der Waals surface area (Å²) in [7, 11) is -3.81. The van der Waals surface area contributed by atoms with Crippen molar-refractivity contribution in [3.05, 3.63) is 35.9 Å². The maximum atomic E-state index is 12.7. The van der Waals surface area contributed by atoms with Gasteiger partial charge >= 0.3 is 5.97 Å². The second-order valence-corrected chi connectivity index (χ2v) is 7.26. The van der Waals surface area contributed by atoms with Crippen LogP contribution in [0.25, 0.3) is 0 Å². The van der Waals surface area contributed by atoms with Crippen molar-refractivity contribution in [1.82, 2.24) is 8.61 Å². The van der Waals surface area contributed by atoms with Crippen molar-refractivity contribution < 1.29 is 23.1 Å². The highest BCUT2D eigenvalue weighted by molar-refractivity contribution is 7.86. The summed E-state index contributed by atoms with van der Waals surface area (Å²) >= 11 is 0. The molecule has 8 heteroatoms. The number of nitrogens with zero attached hydrogens (tertiary/aromatic N) is 2. The second-order valence-electron chi connectivity index (χ2n) is 5.34. The van der Waals surface area contributed by atoms with Gasteiger partial charge in [-0.15, -0.1) is 0 Å². The Balaban J connectivity index is 2.10. The Labute approximate surface area is 136 Å². The van der Waals surface area contributed by atoms with E-state index in [1.165, 1.54) is 4.31 Å². The molecule has 1 fully saturated rings. The molecule has 1 saturated heterocycles. The van der Waals surface area contributed by atoms with Gasteiger partial charge in [0.25, 0.3) is 10.2 Å². The van der Waals surface area contributed by atoms with Crippen LogP contribution in [0.2, 0.25) is 0 Å². The van der Waals surface area contributed by atoms with Crippen molar-refractivity contribution in [2.75, 3.05) is 39.4 Å². The average Bonchev–Trinajstić information content (AvgIpc) is 2.81. The highest BCUT2D eigenvalue weighted by Crippen LogP contribution is 2.13. The van der Waals surface area contributed by atoms with E-state index in [9.17, 15) is 13.2 Å². The molecule has 1 aromatic carbocycles.